The van der Waals surface area contributed by atoms with Crippen LogP contribution in [0.3, 0.4) is 0 Å². The van der Waals surface area contributed by atoms with E-state index in [9.17, 15) is 4.79 Å². The molecule has 23 heavy (non-hydrogen) atoms. The number of anilines is 1. The molecular weight excluding hydrogens is 290 g/mol. The number of imidazole rings is 1. The zero-order valence-corrected chi connectivity index (χ0v) is 14.4. The van der Waals surface area contributed by atoms with E-state index in [0.717, 1.165) is 57.2 Å². The molecule has 6 nitrogen and oxygen atoms in total. The molecule has 0 radical (unpaired) electrons. The molecule has 2 aliphatic rings. The third-order valence-corrected chi connectivity index (χ3v) is 5.19. The molecule has 3 heterocycles. The summed E-state index contributed by atoms with van der Waals surface area (Å²) in [6, 6.07) is 0.466. The third kappa shape index (κ3) is 4.12. The first kappa shape index (κ1) is 16.5. The summed E-state index contributed by atoms with van der Waals surface area (Å²) in [5.74, 6) is 2.09. The summed E-state index contributed by atoms with van der Waals surface area (Å²) in [5, 5.41) is 3.05. The standard InChI is InChI=1S/C17H29N5O/c1-14(21-11-9-20(2)10-12-21)6-7-17(23)19-16-13-18-15-5-3-4-8-22(15)16/h13-14H,3-12H2,1-2H3,(H,19,23)/t14-/m1/s1. The van der Waals surface area contributed by atoms with E-state index in [2.05, 4.69) is 38.6 Å². The van der Waals surface area contributed by atoms with Crippen molar-refractivity contribution in [2.24, 2.45) is 0 Å². The predicted molar refractivity (Wildman–Crippen MR) is 91.6 cm³/mol. The molecule has 1 aromatic heterocycles. The number of hydrogen-bond donors (Lipinski definition) is 1. The normalized spacial score (nSPS) is 21.0. The van der Waals surface area contributed by atoms with Crippen LogP contribution in [0.5, 0.6) is 0 Å². The van der Waals surface area contributed by atoms with Crippen molar-refractivity contribution in [3.8, 4) is 0 Å². The van der Waals surface area contributed by atoms with E-state index in [-0.39, 0.29) is 5.91 Å². The van der Waals surface area contributed by atoms with Gasteiger partial charge in [0, 0.05) is 51.6 Å². The van der Waals surface area contributed by atoms with Crippen LogP contribution in [-0.2, 0) is 17.8 Å². The fourth-order valence-electron chi connectivity index (χ4n) is 3.51. The summed E-state index contributed by atoms with van der Waals surface area (Å²) >= 11 is 0. The van der Waals surface area contributed by atoms with Crippen molar-refractivity contribution in [1.29, 1.82) is 0 Å². The zero-order chi connectivity index (χ0) is 16.2. The summed E-state index contributed by atoms with van der Waals surface area (Å²) in [7, 11) is 2.17. The SMILES string of the molecule is C[C@H](CCC(=O)Nc1cnc2n1CCCC2)N1CCN(C)CC1. The van der Waals surface area contributed by atoms with E-state index in [1.807, 2.05) is 6.20 Å². The second kappa shape index (κ2) is 7.45. The number of fused-ring (bicyclic) bond motifs is 1. The maximum Gasteiger partial charge on any atom is 0.225 e. The minimum Gasteiger partial charge on any atom is -0.315 e. The summed E-state index contributed by atoms with van der Waals surface area (Å²) < 4.78 is 2.16. The molecule has 6 heteroatoms. The first-order chi connectivity index (χ1) is 11.1. The van der Waals surface area contributed by atoms with Gasteiger partial charge in [-0.2, -0.15) is 0 Å². The molecule has 128 valence electrons. The van der Waals surface area contributed by atoms with Crippen molar-refractivity contribution in [1.82, 2.24) is 19.4 Å². The Labute approximate surface area is 138 Å². The number of carbonyl (C=O) groups is 1. The van der Waals surface area contributed by atoms with E-state index in [0.29, 0.717) is 12.5 Å². The molecule has 1 fully saturated rings. The number of piperazine rings is 1. The molecule has 1 aromatic rings. The number of aryl methyl sites for hydroxylation is 1. The molecule has 1 N–H and O–H groups in total. The Hall–Kier alpha value is -1.40. The number of carbonyl (C=O) groups excluding carboxylic acids is 1. The molecular formula is C17H29N5O. The average molecular weight is 319 g/mol. The molecule has 0 aliphatic carbocycles. The number of likely N-dealkylation sites (N-methyl/N-ethyl adjacent to an activating group) is 1. The number of nitrogens with zero attached hydrogens (tertiary/aromatic N) is 4. The lowest BCUT2D eigenvalue weighted by atomic mass is 10.1. The van der Waals surface area contributed by atoms with Gasteiger partial charge in [-0.15, -0.1) is 0 Å². The van der Waals surface area contributed by atoms with Gasteiger partial charge in [0.15, 0.2) is 0 Å². The Bertz CT molecular complexity index is 533. The van der Waals surface area contributed by atoms with E-state index in [1.54, 1.807) is 0 Å². The van der Waals surface area contributed by atoms with Crippen molar-refractivity contribution < 1.29 is 4.79 Å². The molecule has 0 bridgehead atoms. The van der Waals surface area contributed by atoms with Gasteiger partial charge in [0.25, 0.3) is 0 Å². The van der Waals surface area contributed by atoms with Gasteiger partial charge < -0.3 is 14.8 Å². The van der Waals surface area contributed by atoms with Gasteiger partial charge in [0.05, 0.1) is 6.20 Å². The van der Waals surface area contributed by atoms with Gasteiger partial charge in [-0.25, -0.2) is 4.98 Å². The Morgan fingerprint density at radius 3 is 2.83 bits per heavy atom. The maximum absolute atomic E-state index is 12.3. The van der Waals surface area contributed by atoms with Gasteiger partial charge in [-0.1, -0.05) is 0 Å². The third-order valence-electron chi connectivity index (χ3n) is 5.19. The highest BCUT2D eigenvalue weighted by molar-refractivity contribution is 5.89. The smallest absolute Gasteiger partial charge is 0.225 e. The molecule has 0 aromatic carbocycles. The number of amides is 1. The van der Waals surface area contributed by atoms with Gasteiger partial charge in [-0.05, 0) is 33.2 Å². The number of aromatic nitrogens is 2. The molecule has 1 amide bonds. The van der Waals surface area contributed by atoms with Crippen LogP contribution in [0.25, 0.3) is 0 Å². The van der Waals surface area contributed by atoms with Crippen LogP contribution in [-0.4, -0.2) is 64.5 Å². The van der Waals surface area contributed by atoms with Crippen LogP contribution in [0.15, 0.2) is 6.20 Å². The van der Waals surface area contributed by atoms with E-state index >= 15 is 0 Å². The van der Waals surface area contributed by atoms with Crippen LogP contribution in [0, 0.1) is 0 Å². The van der Waals surface area contributed by atoms with Crippen LogP contribution < -0.4 is 5.32 Å². The van der Waals surface area contributed by atoms with Gasteiger partial charge in [0.2, 0.25) is 5.91 Å². The van der Waals surface area contributed by atoms with E-state index in [1.165, 1.54) is 12.8 Å². The zero-order valence-electron chi connectivity index (χ0n) is 14.4. The predicted octanol–water partition coefficient (Wildman–Crippen LogP) is 1.57. The lowest BCUT2D eigenvalue weighted by Gasteiger charge is -2.36. The van der Waals surface area contributed by atoms with Gasteiger partial charge in [-0.3, -0.25) is 9.69 Å². The lowest BCUT2D eigenvalue weighted by molar-refractivity contribution is -0.116. The minimum absolute atomic E-state index is 0.110. The molecule has 0 saturated carbocycles. The van der Waals surface area contributed by atoms with E-state index < -0.39 is 0 Å². The molecule has 1 saturated heterocycles. The van der Waals surface area contributed by atoms with E-state index in [4.69, 9.17) is 0 Å². The molecule has 2 aliphatic heterocycles. The monoisotopic (exact) mass is 319 g/mol. The molecule has 0 spiro atoms. The molecule has 1 atom stereocenters. The second-order valence-corrected chi connectivity index (χ2v) is 6.94. The van der Waals surface area contributed by atoms with Crippen molar-refractivity contribution in [2.75, 3.05) is 38.5 Å². The topological polar surface area (TPSA) is 53.4 Å². The highest BCUT2D eigenvalue weighted by Crippen LogP contribution is 2.20. The van der Waals surface area contributed by atoms with Gasteiger partial charge >= 0.3 is 0 Å². The van der Waals surface area contributed by atoms with Crippen LogP contribution >= 0.6 is 0 Å². The first-order valence-electron chi connectivity index (χ1n) is 8.90. The lowest BCUT2D eigenvalue weighted by Crippen LogP contribution is -2.48. The maximum atomic E-state index is 12.3. The Kier molecular flexibility index (Phi) is 5.33. The van der Waals surface area contributed by atoms with Crippen molar-refractivity contribution in [3.63, 3.8) is 0 Å². The number of hydrogen-bond acceptors (Lipinski definition) is 4. The second-order valence-electron chi connectivity index (χ2n) is 6.94. The van der Waals surface area contributed by atoms with Crippen LogP contribution in [0.2, 0.25) is 0 Å². The Balaban J connectivity index is 1.45. The largest absolute Gasteiger partial charge is 0.315 e. The van der Waals surface area contributed by atoms with Gasteiger partial charge in [0.1, 0.15) is 11.6 Å². The fourth-order valence-corrected chi connectivity index (χ4v) is 3.51. The Morgan fingerprint density at radius 2 is 2.04 bits per heavy atom. The number of nitrogens with one attached hydrogen (secondary N) is 1. The summed E-state index contributed by atoms with van der Waals surface area (Å²) in [6.45, 7) is 7.67. The first-order valence-corrected chi connectivity index (χ1v) is 8.90. The summed E-state index contributed by atoms with van der Waals surface area (Å²) in [4.78, 5) is 21.5. The highest BCUT2D eigenvalue weighted by atomic mass is 16.1. The van der Waals surface area contributed by atoms with Crippen molar-refractivity contribution in [2.45, 2.75) is 51.6 Å². The van der Waals surface area contributed by atoms with Crippen LogP contribution in [0.1, 0.15) is 38.4 Å². The minimum atomic E-state index is 0.110. The van der Waals surface area contributed by atoms with Crippen molar-refractivity contribution >= 4 is 11.7 Å². The van der Waals surface area contributed by atoms with Crippen LogP contribution in [0.4, 0.5) is 5.82 Å². The number of rotatable bonds is 5. The summed E-state index contributed by atoms with van der Waals surface area (Å²) in [6.07, 6.45) is 6.70. The quantitative estimate of drug-likeness (QED) is 0.895. The fraction of sp³-hybridized carbons (Fsp3) is 0.765. The molecule has 3 rings (SSSR count). The average Bonchev–Trinajstić information content (AvgIpc) is 2.96. The van der Waals surface area contributed by atoms with Crippen molar-refractivity contribution in [3.05, 3.63) is 12.0 Å². The molecule has 0 unspecified atom stereocenters. The summed E-state index contributed by atoms with van der Waals surface area (Å²) in [5.41, 5.74) is 0. The highest BCUT2D eigenvalue weighted by Gasteiger charge is 2.20. The Morgan fingerprint density at radius 1 is 1.26 bits per heavy atom.